The van der Waals surface area contributed by atoms with Crippen LogP contribution in [0.4, 0.5) is 0 Å². The number of carbonyl (C=O) groups is 1. The third kappa shape index (κ3) is 5.51. The third-order valence-corrected chi connectivity index (χ3v) is 2.37. The molecule has 2 aromatic rings. The highest BCUT2D eigenvalue weighted by molar-refractivity contribution is 5.85. The molecular formula is C15H16O5. The van der Waals surface area contributed by atoms with Crippen molar-refractivity contribution in [2.45, 2.75) is 13.2 Å². The van der Waals surface area contributed by atoms with Gasteiger partial charge in [0.2, 0.25) is 0 Å². The van der Waals surface area contributed by atoms with Crippen molar-refractivity contribution in [1.29, 1.82) is 0 Å². The minimum atomic E-state index is -0.922. The van der Waals surface area contributed by atoms with Gasteiger partial charge in [0, 0.05) is 11.6 Å². The number of carboxylic acids is 1. The van der Waals surface area contributed by atoms with Crippen molar-refractivity contribution >= 4 is 12.0 Å². The van der Waals surface area contributed by atoms with E-state index in [1.807, 2.05) is 30.3 Å². The summed E-state index contributed by atoms with van der Waals surface area (Å²) in [6.45, 7) is -0.227. The second-order valence-electron chi connectivity index (χ2n) is 3.77. The van der Waals surface area contributed by atoms with Crippen LogP contribution in [-0.2, 0) is 18.0 Å². The van der Waals surface area contributed by atoms with E-state index >= 15 is 0 Å². The first kappa shape index (κ1) is 15.7. The van der Waals surface area contributed by atoms with E-state index in [4.69, 9.17) is 19.7 Å². The van der Waals surface area contributed by atoms with Crippen molar-refractivity contribution in [2.24, 2.45) is 0 Å². The molecule has 0 spiro atoms. The van der Waals surface area contributed by atoms with Crippen LogP contribution in [0.25, 0.3) is 6.08 Å². The Bertz CT molecular complexity index is 524. The summed E-state index contributed by atoms with van der Waals surface area (Å²) in [5.74, 6) is -0.480. The van der Waals surface area contributed by atoms with E-state index in [1.54, 1.807) is 12.1 Å². The van der Waals surface area contributed by atoms with E-state index in [9.17, 15) is 4.79 Å². The highest BCUT2D eigenvalue weighted by Gasteiger charge is 2.01. The standard InChI is InChI=1S/C9H8O2.C6H8O3/c10-9(11)7-6-8-4-2-1-3-5-8;7-3-5-1-2-9-6(5)4-8/h1-7H,(H,10,11);1-2,7-8H,3-4H2. The number of benzene rings is 1. The Morgan fingerprint density at radius 2 is 1.80 bits per heavy atom. The number of rotatable bonds is 4. The Balaban J connectivity index is 0.000000204. The fraction of sp³-hybridized carbons (Fsp3) is 0.133. The van der Waals surface area contributed by atoms with Crippen LogP contribution in [0, 0.1) is 0 Å². The number of aliphatic carboxylic acids is 1. The molecule has 0 unspecified atom stereocenters. The van der Waals surface area contributed by atoms with Crippen LogP contribution in [0.5, 0.6) is 0 Å². The first-order valence-electron chi connectivity index (χ1n) is 5.90. The average Bonchev–Trinajstić information content (AvgIpc) is 2.94. The third-order valence-electron chi connectivity index (χ3n) is 2.37. The van der Waals surface area contributed by atoms with Crippen LogP contribution >= 0.6 is 0 Å². The molecule has 20 heavy (non-hydrogen) atoms. The maximum atomic E-state index is 10.1. The fourth-order valence-electron chi connectivity index (χ4n) is 1.38. The minimum Gasteiger partial charge on any atom is -0.478 e. The van der Waals surface area contributed by atoms with E-state index in [-0.39, 0.29) is 13.2 Å². The Morgan fingerprint density at radius 1 is 1.10 bits per heavy atom. The summed E-state index contributed by atoms with van der Waals surface area (Å²) >= 11 is 0. The van der Waals surface area contributed by atoms with Crippen molar-refractivity contribution in [3.8, 4) is 0 Å². The Morgan fingerprint density at radius 3 is 2.30 bits per heavy atom. The van der Waals surface area contributed by atoms with Gasteiger partial charge < -0.3 is 19.7 Å². The van der Waals surface area contributed by atoms with Crippen LogP contribution in [-0.4, -0.2) is 21.3 Å². The van der Waals surface area contributed by atoms with Crippen molar-refractivity contribution < 1.29 is 24.5 Å². The maximum Gasteiger partial charge on any atom is 0.328 e. The molecule has 1 aromatic heterocycles. The lowest BCUT2D eigenvalue weighted by atomic mass is 10.2. The topological polar surface area (TPSA) is 90.9 Å². The SMILES string of the molecule is O=C(O)C=Cc1ccccc1.OCc1ccoc1CO. The molecule has 0 amide bonds. The van der Waals surface area contributed by atoms with Gasteiger partial charge in [-0.3, -0.25) is 0 Å². The summed E-state index contributed by atoms with van der Waals surface area (Å²) in [6.07, 6.45) is 4.12. The van der Waals surface area contributed by atoms with E-state index < -0.39 is 5.97 Å². The van der Waals surface area contributed by atoms with E-state index in [1.165, 1.54) is 6.26 Å². The number of hydrogen-bond acceptors (Lipinski definition) is 4. The molecule has 0 aliphatic heterocycles. The predicted molar refractivity (Wildman–Crippen MR) is 73.7 cm³/mol. The summed E-state index contributed by atoms with van der Waals surface area (Å²) in [5.41, 5.74) is 1.55. The molecular weight excluding hydrogens is 260 g/mol. The zero-order valence-electron chi connectivity index (χ0n) is 10.8. The molecule has 0 aliphatic carbocycles. The Hall–Kier alpha value is -2.37. The van der Waals surface area contributed by atoms with Gasteiger partial charge >= 0.3 is 5.97 Å². The number of aliphatic hydroxyl groups excluding tert-OH is 2. The van der Waals surface area contributed by atoms with Gasteiger partial charge in [-0.05, 0) is 17.7 Å². The number of carboxylic acid groups (broad SMARTS) is 1. The zero-order valence-corrected chi connectivity index (χ0v) is 10.8. The molecule has 5 heteroatoms. The summed E-state index contributed by atoms with van der Waals surface area (Å²) in [4.78, 5) is 10.1. The van der Waals surface area contributed by atoms with E-state index in [0.717, 1.165) is 11.6 Å². The summed E-state index contributed by atoms with van der Waals surface area (Å²) in [7, 11) is 0. The molecule has 3 N–H and O–H groups in total. The average molecular weight is 276 g/mol. The van der Waals surface area contributed by atoms with Crippen LogP contribution < -0.4 is 0 Å². The van der Waals surface area contributed by atoms with Gasteiger partial charge in [-0.2, -0.15) is 0 Å². The fourth-order valence-corrected chi connectivity index (χ4v) is 1.38. The predicted octanol–water partition coefficient (Wildman–Crippen LogP) is 2.05. The molecule has 0 atom stereocenters. The largest absolute Gasteiger partial charge is 0.478 e. The van der Waals surface area contributed by atoms with Gasteiger partial charge in [0.15, 0.2) is 0 Å². The molecule has 106 valence electrons. The van der Waals surface area contributed by atoms with Crippen molar-refractivity contribution in [1.82, 2.24) is 0 Å². The molecule has 2 rings (SSSR count). The van der Waals surface area contributed by atoms with Crippen molar-refractivity contribution in [3.63, 3.8) is 0 Å². The highest BCUT2D eigenvalue weighted by Crippen LogP contribution is 2.09. The first-order valence-corrected chi connectivity index (χ1v) is 5.90. The zero-order chi connectivity index (χ0) is 14.8. The van der Waals surface area contributed by atoms with E-state index in [2.05, 4.69) is 0 Å². The summed E-state index contributed by atoms with van der Waals surface area (Å²) in [6, 6.07) is 10.9. The molecule has 5 nitrogen and oxygen atoms in total. The van der Waals surface area contributed by atoms with Gasteiger partial charge in [-0.25, -0.2) is 4.79 Å². The minimum absolute atomic E-state index is 0.0770. The van der Waals surface area contributed by atoms with Gasteiger partial charge in [-0.15, -0.1) is 0 Å². The van der Waals surface area contributed by atoms with Gasteiger partial charge in [-0.1, -0.05) is 30.3 Å². The van der Waals surface area contributed by atoms with Gasteiger partial charge in [0.1, 0.15) is 12.4 Å². The second kappa shape index (κ2) is 8.68. The molecule has 0 bridgehead atoms. The van der Waals surface area contributed by atoms with Crippen LogP contribution in [0.15, 0.2) is 53.2 Å². The number of aliphatic hydroxyl groups is 2. The van der Waals surface area contributed by atoms with Crippen LogP contribution in [0.1, 0.15) is 16.9 Å². The smallest absolute Gasteiger partial charge is 0.328 e. The molecule has 0 fully saturated rings. The highest BCUT2D eigenvalue weighted by atomic mass is 16.4. The molecule has 1 aromatic carbocycles. The van der Waals surface area contributed by atoms with Gasteiger partial charge in [0.05, 0.1) is 12.9 Å². The van der Waals surface area contributed by atoms with E-state index in [0.29, 0.717) is 11.3 Å². The van der Waals surface area contributed by atoms with Crippen molar-refractivity contribution in [3.05, 3.63) is 65.6 Å². The number of furan rings is 1. The molecule has 0 radical (unpaired) electrons. The maximum absolute atomic E-state index is 10.1. The lowest BCUT2D eigenvalue weighted by Gasteiger charge is -1.90. The normalized spacial score (nSPS) is 10.1. The molecule has 0 saturated carbocycles. The lowest BCUT2D eigenvalue weighted by Crippen LogP contribution is -1.86. The summed E-state index contributed by atoms with van der Waals surface area (Å²) in [5, 5.41) is 25.4. The Kier molecular flexibility index (Phi) is 6.81. The van der Waals surface area contributed by atoms with Crippen molar-refractivity contribution in [2.75, 3.05) is 0 Å². The first-order chi connectivity index (χ1) is 9.67. The second-order valence-corrected chi connectivity index (χ2v) is 3.77. The molecule has 0 saturated heterocycles. The molecule has 0 aliphatic rings. The van der Waals surface area contributed by atoms with Crippen LogP contribution in [0.3, 0.4) is 0 Å². The Labute approximate surface area is 116 Å². The van der Waals surface area contributed by atoms with Crippen LogP contribution in [0.2, 0.25) is 0 Å². The summed E-state index contributed by atoms with van der Waals surface area (Å²) < 4.78 is 4.79. The molecule has 1 heterocycles. The monoisotopic (exact) mass is 276 g/mol. The lowest BCUT2D eigenvalue weighted by molar-refractivity contribution is -0.131. The number of hydrogen-bond donors (Lipinski definition) is 3. The van der Waals surface area contributed by atoms with Gasteiger partial charge in [0.25, 0.3) is 0 Å². The quantitative estimate of drug-likeness (QED) is 0.743.